The van der Waals surface area contributed by atoms with Gasteiger partial charge in [-0.2, -0.15) is 0 Å². The van der Waals surface area contributed by atoms with Crippen LogP contribution in [0.2, 0.25) is 0 Å². The molecule has 2 N–H and O–H groups in total. The zero-order chi connectivity index (χ0) is 24.8. The smallest absolute Gasteiger partial charge is 0.317 e. The number of ether oxygens (including phenoxy) is 2. The van der Waals surface area contributed by atoms with Crippen molar-refractivity contribution in [3.63, 3.8) is 0 Å². The third kappa shape index (κ3) is 4.61. The van der Waals surface area contributed by atoms with Gasteiger partial charge in [0.15, 0.2) is 0 Å². The molecule has 5 aliphatic rings. The molecule has 5 nitrogen and oxygen atoms in total. The number of nitrogens with one attached hydrogen (secondary N) is 1. The Bertz CT molecular complexity index is 771. The van der Waals surface area contributed by atoms with E-state index in [1.165, 1.54) is 64.2 Å². The van der Waals surface area contributed by atoms with Crippen LogP contribution in [-0.2, 0) is 14.3 Å². The summed E-state index contributed by atoms with van der Waals surface area (Å²) in [7, 11) is 0. The average Bonchev–Trinajstić information content (AvgIpc) is 3.39. The van der Waals surface area contributed by atoms with E-state index in [0.29, 0.717) is 30.1 Å². The molecule has 4 saturated carbocycles. The number of carbonyl (C=O) groups is 1. The van der Waals surface area contributed by atoms with Crippen molar-refractivity contribution in [1.82, 2.24) is 5.32 Å². The van der Waals surface area contributed by atoms with Gasteiger partial charge in [-0.05, 0) is 86.4 Å². The summed E-state index contributed by atoms with van der Waals surface area (Å²) in [6, 6.07) is 0. The Morgan fingerprint density at radius 2 is 1.94 bits per heavy atom. The molecule has 0 aromatic rings. The van der Waals surface area contributed by atoms with E-state index < -0.39 is 5.97 Å². The number of aliphatic carboxylic acids is 1. The first-order valence-corrected chi connectivity index (χ1v) is 14.9. The first-order chi connectivity index (χ1) is 16.7. The third-order valence-electron chi connectivity index (χ3n) is 11.7. The molecule has 1 aliphatic heterocycles. The minimum Gasteiger partial charge on any atom is -0.480 e. The topological polar surface area (TPSA) is 71.1 Å². The molecule has 35 heavy (non-hydrogen) atoms. The van der Waals surface area contributed by atoms with Crippen molar-refractivity contribution in [2.45, 2.75) is 123 Å². The van der Waals surface area contributed by atoms with Gasteiger partial charge in [-0.25, -0.2) is 0 Å². The molecular weight excluding hydrogens is 438 g/mol. The fourth-order valence-electron chi connectivity index (χ4n) is 9.80. The van der Waals surface area contributed by atoms with E-state index in [-0.39, 0.29) is 18.2 Å². The number of fused-ring (bicyclic) bond motifs is 4. The minimum absolute atomic E-state index is 0.00315. The second-order valence-corrected chi connectivity index (χ2v) is 13.8. The lowest BCUT2D eigenvalue weighted by molar-refractivity contribution is -0.136. The summed E-state index contributed by atoms with van der Waals surface area (Å²) in [5, 5.41) is 11.7. The number of hydrogen-bond acceptors (Lipinski definition) is 4. The van der Waals surface area contributed by atoms with E-state index in [0.717, 1.165) is 42.4 Å². The summed E-state index contributed by atoms with van der Waals surface area (Å²) in [4.78, 5) is 10.7. The van der Waals surface area contributed by atoms with Crippen LogP contribution >= 0.6 is 0 Å². The Morgan fingerprint density at radius 1 is 1.11 bits per heavy atom. The Hall–Kier alpha value is -0.650. The summed E-state index contributed by atoms with van der Waals surface area (Å²) in [6.45, 7) is 11.2. The maximum atomic E-state index is 10.7. The highest BCUT2D eigenvalue weighted by Gasteiger charge is 2.76. The maximum absolute atomic E-state index is 10.7. The zero-order valence-corrected chi connectivity index (χ0v) is 22.8. The number of hydrogen-bond donors (Lipinski definition) is 2. The lowest BCUT2D eigenvalue weighted by Crippen LogP contribution is -2.58. The highest BCUT2D eigenvalue weighted by atomic mass is 16.6. The Kier molecular flexibility index (Phi) is 7.35. The Morgan fingerprint density at radius 3 is 2.71 bits per heavy atom. The Balaban J connectivity index is 1.18. The normalized spacial score (nSPS) is 46.0. The van der Waals surface area contributed by atoms with Crippen molar-refractivity contribution in [2.24, 2.45) is 40.4 Å². The van der Waals surface area contributed by atoms with Gasteiger partial charge in [-0.3, -0.25) is 4.79 Å². The summed E-state index contributed by atoms with van der Waals surface area (Å²) in [5.41, 5.74) is 0.917. The number of rotatable bonds is 11. The van der Waals surface area contributed by atoms with Gasteiger partial charge in [0.25, 0.3) is 0 Å². The van der Waals surface area contributed by atoms with Crippen LogP contribution in [0.1, 0.15) is 105 Å². The molecule has 1 spiro atoms. The van der Waals surface area contributed by atoms with Crippen LogP contribution in [0.25, 0.3) is 0 Å². The molecule has 1 heterocycles. The number of carboxylic acids is 1. The summed E-state index contributed by atoms with van der Waals surface area (Å²) >= 11 is 0. The summed E-state index contributed by atoms with van der Waals surface area (Å²) in [5.74, 6) is 3.55. The van der Waals surface area contributed by atoms with Gasteiger partial charge in [0, 0.05) is 18.4 Å². The van der Waals surface area contributed by atoms with Gasteiger partial charge in [0.1, 0.15) is 5.60 Å². The number of unbranched alkanes of at least 4 members (excludes halogenated alkanes) is 1. The van der Waals surface area contributed by atoms with E-state index in [1.54, 1.807) is 0 Å². The van der Waals surface area contributed by atoms with Crippen LogP contribution < -0.4 is 5.32 Å². The molecule has 0 amide bonds. The third-order valence-corrected chi connectivity index (χ3v) is 11.7. The van der Waals surface area contributed by atoms with Crippen molar-refractivity contribution < 1.29 is 19.4 Å². The fraction of sp³-hybridized carbons (Fsp3) is 0.967. The van der Waals surface area contributed by atoms with Gasteiger partial charge in [0.05, 0.1) is 25.4 Å². The minimum atomic E-state index is -0.813. The standard InChI is InChI=1S/C30H51NO4/c1-20(2)7-5-6-8-21-9-10-24-23-17-26-30(35-26)18-22(34-16-15-31-19-27(32)33)11-14-29(30,4)25(23)12-13-28(21,24)3/h20-26,31H,5-19H2,1-4H3,(H,32,33)/t21-,22-,23-,24?,25?,26?,28+,29+,30?/m0/s1. The molecule has 1 saturated heterocycles. The lowest BCUT2D eigenvalue weighted by atomic mass is 9.44. The van der Waals surface area contributed by atoms with Gasteiger partial charge < -0.3 is 19.9 Å². The van der Waals surface area contributed by atoms with Crippen LogP contribution in [0.3, 0.4) is 0 Å². The molecule has 0 aromatic carbocycles. The van der Waals surface area contributed by atoms with Crippen LogP contribution in [0.5, 0.6) is 0 Å². The van der Waals surface area contributed by atoms with Crippen LogP contribution in [-0.4, -0.2) is 48.6 Å². The maximum Gasteiger partial charge on any atom is 0.317 e. The van der Waals surface area contributed by atoms with E-state index in [1.807, 2.05) is 0 Å². The molecule has 9 atom stereocenters. The molecule has 200 valence electrons. The van der Waals surface area contributed by atoms with Gasteiger partial charge >= 0.3 is 5.97 Å². The molecule has 0 radical (unpaired) electrons. The monoisotopic (exact) mass is 489 g/mol. The molecule has 5 heteroatoms. The predicted octanol–water partition coefficient (Wildman–Crippen LogP) is 6.05. The van der Waals surface area contributed by atoms with Crippen molar-refractivity contribution >= 4 is 5.97 Å². The van der Waals surface area contributed by atoms with E-state index in [2.05, 4.69) is 33.0 Å². The van der Waals surface area contributed by atoms with Crippen molar-refractivity contribution in [2.75, 3.05) is 19.7 Å². The lowest BCUT2D eigenvalue weighted by Gasteiger charge is -2.59. The largest absolute Gasteiger partial charge is 0.480 e. The fourth-order valence-corrected chi connectivity index (χ4v) is 9.80. The van der Waals surface area contributed by atoms with Gasteiger partial charge in [-0.15, -0.1) is 0 Å². The first-order valence-electron chi connectivity index (χ1n) is 14.9. The summed E-state index contributed by atoms with van der Waals surface area (Å²) < 4.78 is 12.9. The number of epoxide rings is 1. The van der Waals surface area contributed by atoms with Gasteiger partial charge in [0.2, 0.25) is 0 Å². The second-order valence-electron chi connectivity index (χ2n) is 13.8. The van der Waals surface area contributed by atoms with Crippen LogP contribution in [0, 0.1) is 40.4 Å². The van der Waals surface area contributed by atoms with Crippen molar-refractivity contribution in [3.05, 3.63) is 0 Å². The molecule has 0 aromatic heterocycles. The molecule has 4 aliphatic carbocycles. The van der Waals surface area contributed by atoms with Crippen molar-refractivity contribution in [3.8, 4) is 0 Å². The molecule has 5 fully saturated rings. The SMILES string of the molecule is CC(C)CCCC[C@H]1CCC2[C@@H]3CC4OC45C[C@@H](OCCNCC(=O)O)CC[C@]5(C)C3CC[C@@]21C. The van der Waals surface area contributed by atoms with E-state index in [9.17, 15) is 4.79 Å². The highest BCUT2D eigenvalue weighted by Crippen LogP contribution is 2.74. The van der Waals surface area contributed by atoms with Crippen LogP contribution in [0.4, 0.5) is 0 Å². The first kappa shape index (κ1) is 26.0. The van der Waals surface area contributed by atoms with Gasteiger partial charge in [-0.1, -0.05) is 47.0 Å². The Labute approximate surface area is 213 Å². The van der Waals surface area contributed by atoms with Crippen LogP contribution in [0.15, 0.2) is 0 Å². The molecule has 5 rings (SSSR count). The highest BCUT2D eigenvalue weighted by molar-refractivity contribution is 5.68. The quantitative estimate of drug-likeness (QED) is 0.273. The molecule has 0 bridgehead atoms. The number of carboxylic acid groups (broad SMARTS) is 1. The van der Waals surface area contributed by atoms with Crippen molar-refractivity contribution in [1.29, 1.82) is 0 Å². The van der Waals surface area contributed by atoms with E-state index in [4.69, 9.17) is 14.6 Å². The predicted molar refractivity (Wildman–Crippen MR) is 138 cm³/mol. The molecular formula is C30H51NO4. The second kappa shape index (κ2) is 9.91. The summed E-state index contributed by atoms with van der Waals surface area (Å²) in [6.07, 6.45) is 16.8. The van der Waals surface area contributed by atoms with E-state index >= 15 is 0 Å². The average molecular weight is 490 g/mol. The zero-order valence-electron chi connectivity index (χ0n) is 22.8. The molecule has 4 unspecified atom stereocenters.